The third-order valence-corrected chi connectivity index (χ3v) is 8.84. The van der Waals surface area contributed by atoms with Crippen molar-refractivity contribution < 1.29 is 24.0 Å². The molecular weight excluding hydrogens is 386 g/mol. The van der Waals surface area contributed by atoms with Crippen LogP contribution in [-0.2, 0) is 0 Å². The Hall–Kier alpha value is 1.16. The summed E-state index contributed by atoms with van der Waals surface area (Å²) in [5.74, 6) is 0. The molecule has 0 aromatic heterocycles. The molecule has 0 saturated carbocycles. The molecule has 0 aliphatic rings. The van der Waals surface area contributed by atoms with Gasteiger partial charge in [0, 0.05) is 13.9 Å². The van der Waals surface area contributed by atoms with Crippen molar-refractivity contribution in [1.82, 2.24) is 0 Å². The molecule has 0 aliphatic heterocycles. The first-order valence-electron chi connectivity index (χ1n) is 9.52. The maximum absolute atomic E-state index is 2.69. The predicted molar refractivity (Wildman–Crippen MR) is 99.9 cm³/mol. The summed E-state index contributed by atoms with van der Waals surface area (Å²) in [7, 11) is -0.590. The number of rotatable bonds is 15. The van der Waals surface area contributed by atoms with Crippen LogP contribution in [0.4, 0.5) is 0 Å². The summed E-state index contributed by atoms with van der Waals surface area (Å²) in [4.78, 5) is 0. The van der Waals surface area contributed by atoms with Crippen molar-refractivity contribution in [3.05, 3.63) is 0 Å². The Morgan fingerprint density at radius 1 is 0.476 bits per heavy atom. The summed E-state index contributed by atoms with van der Waals surface area (Å²) in [6.45, 7) is 9.66. The average molecular weight is 428 g/mol. The summed E-state index contributed by atoms with van der Waals surface area (Å²) in [5.41, 5.74) is 0. The lowest BCUT2D eigenvalue weighted by Crippen LogP contribution is -3.00. The molecule has 0 spiro atoms. The van der Waals surface area contributed by atoms with Crippen LogP contribution in [0.25, 0.3) is 0 Å². The van der Waals surface area contributed by atoms with Crippen LogP contribution >= 0.6 is 7.26 Å². The predicted octanol–water partition coefficient (Wildman–Crippen LogP) is 4.38. The van der Waals surface area contributed by atoms with Gasteiger partial charge in [-0.25, -0.2) is 0 Å². The van der Waals surface area contributed by atoms with E-state index in [4.69, 9.17) is 0 Å². The molecule has 0 atom stereocenters. The van der Waals surface area contributed by atoms with Crippen molar-refractivity contribution in [3.63, 3.8) is 0 Å². The van der Waals surface area contributed by atoms with Gasteiger partial charge in [0.2, 0.25) is 0 Å². The molecule has 0 aliphatic carbocycles. The fraction of sp³-hybridized carbons (Fsp3) is 1.00. The van der Waals surface area contributed by atoms with Crippen molar-refractivity contribution in [2.24, 2.45) is 0 Å². The van der Waals surface area contributed by atoms with Crippen molar-refractivity contribution in [1.29, 1.82) is 0 Å². The van der Waals surface area contributed by atoms with Gasteiger partial charge in [0.25, 0.3) is 0 Å². The zero-order valence-corrected chi connectivity index (χ0v) is 18.5. The third-order valence-electron chi connectivity index (χ3n) is 4.65. The number of unbranched alkanes of at least 4 members (excludes halogenated alkanes) is 9. The number of hydrogen-bond donors (Lipinski definition) is 0. The van der Waals surface area contributed by atoms with E-state index in [2.05, 4.69) is 27.4 Å². The first-order chi connectivity index (χ1) is 9.68. The normalized spacial score (nSPS) is 11.4. The van der Waals surface area contributed by atoms with Gasteiger partial charge in [-0.15, -0.1) is 0 Å². The summed E-state index contributed by atoms with van der Waals surface area (Å²) in [6, 6.07) is 0. The van der Waals surface area contributed by atoms with E-state index >= 15 is 0 Å². The van der Waals surface area contributed by atoms with Gasteiger partial charge in [0.15, 0.2) is 0 Å². The highest BCUT2D eigenvalue weighted by atomic mass is 127. The monoisotopic (exact) mass is 428 g/mol. The zero-order chi connectivity index (χ0) is 15.1. The smallest absolute Gasteiger partial charge is 0.0591 e. The van der Waals surface area contributed by atoms with Crippen molar-refractivity contribution in [3.8, 4) is 0 Å². The lowest BCUT2D eigenvalue weighted by molar-refractivity contribution is -0.00000472. The van der Waals surface area contributed by atoms with Gasteiger partial charge in [-0.3, -0.25) is 0 Å². The summed E-state index contributed by atoms with van der Waals surface area (Å²) in [5, 5.41) is 0. The van der Waals surface area contributed by atoms with Gasteiger partial charge in [-0.05, 0) is 38.5 Å². The van der Waals surface area contributed by atoms with Gasteiger partial charge < -0.3 is 24.0 Å². The molecule has 21 heavy (non-hydrogen) atoms. The first-order valence-corrected chi connectivity index (χ1v) is 12.3. The Labute approximate surface area is 154 Å². The molecule has 0 N–H and O–H groups in total. The van der Waals surface area contributed by atoms with Crippen LogP contribution in [0.15, 0.2) is 0 Å². The molecule has 0 aromatic rings. The quantitative estimate of drug-likeness (QED) is 0.206. The summed E-state index contributed by atoms with van der Waals surface area (Å²) < 4.78 is 0. The van der Waals surface area contributed by atoms with E-state index in [-0.39, 0.29) is 24.0 Å². The number of halogens is 1. The van der Waals surface area contributed by atoms with Gasteiger partial charge in [0.1, 0.15) is 0 Å². The minimum Gasteiger partial charge on any atom is -1.00 e. The average Bonchev–Trinajstić information content (AvgIpc) is 2.45. The molecule has 0 heterocycles. The Morgan fingerprint density at radius 3 is 1.00 bits per heavy atom. The van der Waals surface area contributed by atoms with Crippen molar-refractivity contribution in [2.45, 2.75) is 97.8 Å². The summed E-state index contributed by atoms with van der Waals surface area (Å²) in [6.07, 6.45) is 22.2. The fourth-order valence-corrected chi connectivity index (χ4v) is 6.73. The van der Waals surface area contributed by atoms with E-state index in [1.165, 1.54) is 77.0 Å². The second kappa shape index (κ2) is 17.5. The van der Waals surface area contributed by atoms with E-state index in [9.17, 15) is 0 Å². The number of hydrogen-bond acceptors (Lipinski definition) is 0. The third kappa shape index (κ3) is 15.8. The highest BCUT2D eigenvalue weighted by Crippen LogP contribution is 2.57. The maximum atomic E-state index is 2.69. The minimum absolute atomic E-state index is 0. The lowest BCUT2D eigenvalue weighted by atomic mass is 10.2. The van der Waals surface area contributed by atoms with Gasteiger partial charge in [-0.1, -0.05) is 59.3 Å². The van der Waals surface area contributed by atoms with Crippen LogP contribution in [0, 0.1) is 0 Å². The van der Waals surface area contributed by atoms with Crippen LogP contribution in [0.2, 0.25) is 0 Å². The lowest BCUT2D eigenvalue weighted by Gasteiger charge is -2.23. The Morgan fingerprint density at radius 2 is 0.762 bits per heavy atom. The molecule has 0 bridgehead atoms. The van der Waals surface area contributed by atoms with Crippen LogP contribution in [0.3, 0.4) is 0 Å². The molecule has 0 aromatic carbocycles. The van der Waals surface area contributed by atoms with E-state index in [0.29, 0.717) is 0 Å². The van der Waals surface area contributed by atoms with E-state index in [1.54, 1.807) is 18.5 Å². The van der Waals surface area contributed by atoms with E-state index in [0.717, 1.165) is 0 Å². The Balaban J connectivity index is 0. The van der Waals surface area contributed by atoms with Gasteiger partial charge in [0.05, 0.1) is 18.5 Å². The van der Waals surface area contributed by atoms with Crippen LogP contribution in [0.1, 0.15) is 97.8 Å². The standard InChI is InChI=1S/C19H42P.HI/c1-5-8-11-14-17-20(4,18-15-12-9-6-2)19-16-13-10-7-3;/h5-19H2,1-4H3;1H/q+1;/p-1. The molecule has 0 saturated heterocycles. The Bertz CT molecular complexity index is 163. The van der Waals surface area contributed by atoms with E-state index < -0.39 is 7.26 Å². The first kappa shape index (κ1) is 24.4. The van der Waals surface area contributed by atoms with Gasteiger partial charge >= 0.3 is 0 Å². The zero-order valence-electron chi connectivity index (χ0n) is 15.4. The molecule has 130 valence electrons. The topological polar surface area (TPSA) is 0 Å². The molecular formula is C19H42IP. The minimum atomic E-state index is -0.590. The molecule has 2 heteroatoms. The van der Waals surface area contributed by atoms with Gasteiger partial charge in [-0.2, -0.15) is 0 Å². The highest BCUT2D eigenvalue weighted by molar-refractivity contribution is 7.75. The molecule has 0 radical (unpaired) electrons. The second-order valence-electron chi connectivity index (χ2n) is 6.97. The van der Waals surface area contributed by atoms with Crippen molar-refractivity contribution >= 4 is 7.26 Å². The molecule has 0 unspecified atom stereocenters. The largest absolute Gasteiger partial charge is 1.00 e. The molecule has 0 fully saturated rings. The Kier molecular flexibility index (Phi) is 20.4. The molecule has 0 rings (SSSR count). The fourth-order valence-electron chi connectivity index (χ4n) is 3.10. The van der Waals surface area contributed by atoms with Crippen LogP contribution < -0.4 is 24.0 Å². The maximum Gasteiger partial charge on any atom is 0.0591 e. The van der Waals surface area contributed by atoms with E-state index in [1.807, 2.05) is 0 Å². The second-order valence-corrected chi connectivity index (χ2v) is 11.6. The summed E-state index contributed by atoms with van der Waals surface area (Å²) >= 11 is 0. The van der Waals surface area contributed by atoms with Crippen LogP contribution in [-0.4, -0.2) is 25.2 Å². The highest BCUT2D eigenvalue weighted by Gasteiger charge is 2.29. The van der Waals surface area contributed by atoms with Crippen LogP contribution in [0.5, 0.6) is 0 Å². The van der Waals surface area contributed by atoms with Crippen molar-refractivity contribution in [2.75, 3.05) is 25.2 Å². The molecule has 0 nitrogen and oxygen atoms in total. The SMILES string of the molecule is CCCCCC[P+](C)(CCCCCC)CCCCCC.[I-]. The molecule has 0 amide bonds.